The van der Waals surface area contributed by atoms with E-state index in [1.807, 2.05) is 6.92 Å². The lowest BCUT2D eigenvalue weighted by atomic mass is 10.1. The van der Waals surface area contributed by atoms with E-state index in [0.29, 0.717) is 6.54 Å². The van der Waals surface area contributed by atoms with Crippen molar-refractivity contribution in [3.05, 3.63) is 0 Å². The van der Waals surface area contributed by atoms with E-state index in [9.17, 15) is 9.90 Å². The Labute approximate surface area is 80.7 Å². The van der Waals surface area contributed by atoms with Crippen molar-refractivity contribution in [1.82, 2.24) is 4.90 Å². The molecule has 1 amide bonds. The van der Waals surface area contributed by atoms with Gasteiger partial charge in [0.05, 0.1) is 0 Å². The monoisotopic (exact) mass is 187 g/mol. The van der Waals surface area contributed by atoms with Gasteiger partial charge in [-0.15, -0.1) is 0 Å². The van der Waals surface area contributed by atoms with Gasteiger partial charge in [0.2, 0.25) is 0 Å². The fraction of sp³-hybridized carbons (Fsp3) is 0.900. The lowest BCUT2D eigenvalue weighted by Gasteiger charge is -2.27. The molecule has 3 nitrogen and oxygen atoms in total. The van der Waals surface area contributed by atoms with Gasteiger partial charge in [-0.1, -0.05) is 13.3 Å². The van der Waals surface area contributed by atoms with Crippen molar-refractivity contribution < 1.29 is 9.90 Å². The molecule has 0 aliphatic heterocycles. The van der Waals surface area contributed by atoms with E-state index in [1.165, 1.54) is 13.8 Å². The average molecular weight is 187 g/mol. The maximum atomic E-state index is 11.6. The second kappa shape index (κ2) is 5.22. The number of hydrogen-bond donors (Lipinski definition) is 1. The van der Waals surface area contributed by atoms with Crippen molar-refractivity contribution in [3.8, 4) is 0 Å². The van der Waals surface area contributed by atoms with Crippen LogP contribution in [-0.4, -0.2) is 34.6 Å². The number of likely N-dealkylation sites (N-methyl/N-ethyl adjacent to an activating group) is 1. The Kier molecular flexibility index (Phi) is 4.99. The molecule has 78 valence electrons. The second-order valence-electron chi connectivity index (χ2n) is 3.80. The summed E-state index contributed by atoms with van der Waals surface area (Å²) in [6.45, 7) is 8.49. The molecular weight excluding hydrogens is 166 g/mol. The molecule has 1 N–H and O–H groups in total. The minimum Gasteiger partial charge on any atom is -0.381 e. The maximum absolute atomic E-state index is 11.6. The fourth-order valence-electron chi connectivity index (χ4n) is 1.14. The first kappa shape index (κ1) is 12.4. The maximum Gasteiger partial charge on any atom is 0.253 e. The van der Waals surface area contributed by atoms with Gasteiger partial charge in [-0.2, -0.15) is 0 Å². The number of hydrogen-bond acceptors (Lipinski definition) is 2. The first-order chi connectivity index (χ1) is 5.93. The Bertz CT molecular complexity index is 161. The van der Waals surface area contributed by atoms with E-state index in [2.05, 4.69) is 6.92 Å². The van der Waals surface area contributed by atoms with Crippen LogP contribution in [0.3, 0.4) is 0 Å². The molecule has 0 fully saturated rings. The molecule has 13 heavy (non-hydrogen) atoms. The van der Waals surface area contributed by atoms with Gasteiger partial charge in [-0.05, 0) is 27.2 Å². The number of unbranched alkanes of at least 4 members (excludes halogenated alkanes) is 1. The molecule has 0 bridgehead atoms. The van der Waals surface area contributed by atoms with E-state index >= 15 is 0 Å². The van der Waals surface area contributed by atoms with E-state index in [-0.39, 0.29) is 5.91 Å². The SMILES string of the molecule is CCCCN(CC)C(=O)C(C)(C)O. The zero-order chi connectivity index (χ0) is 10.5. The number of amides is 1. The van der Waals surface area contributed by atoms with Crippen molar-refractivity contribution in [2.45, 2.75) is 46.1 Å². The highest BCUT2D eigenvalue weighted by atomic mass is 16.3. The van der Waals surface area contributed by atoms with Gasteiger partial charge in [0.25, 0.3) is 5.91 Å². The number of aliphatic hydroxyl groups is 1. The molecule has 0 unspecified atom stereocenters. The molecule has 3 heteroatoms. The quantitative estimate of drug-likeness (QED) is 0.707. The van der Waals surface area contributed by atoms with Gasteiger partial charge >= 0.3 is 0 Å². The highest BCUT2D eigenvalue weighted by Crippen LogP contribution is 2.08. The normalized spacial score (nSPS) is 11.5. The Morgan fingerprint density at radius 3 is 2.23 bits per heavy atom. The minimum absolute atomic E-state index is 0.177. The Morgan fingerprint density at radius 2 is 1.92 bits per heavy atom. The molecule has 0 saturated heterocycles. The van der Waals surface area contributed by atoms with Crippen LogP contribution < -0.4 is 0 Å². The standard InChI is InChI=1S/C10H21NO2/c1-5-7-8-11(6-2)9(12)10(3,4)13/h13H,5-8H2,1-4H3. The van der Waals surface area contributed by atoms with Crippen LogP contribution in [0.5, 0.6) is 0 Å². The van der Waals surface area contributed by atoms with Crippen LogP contribution in [0, 0.1) is 0 Å². The molecule has 0 atom stereocenters. The summed E-state index contributed by atoms with van der Waals surface area (Å²) in [6, 6.07) is 0. The minimum atomic E-state index is -1.23. The highest BCUT2D eigenvalue weighted by Gasteiger charge is 2.27. The summed E-state index contributed by atoms with van der Waals surface area (Å²) in [5.74, 6) is -0.177. The van der Waals surface area contributed by atoms with Gasteiger partial charge in [-0.25, -0.2) is 0 Å². The van der Waals surface area contributed by atoms with Gasteiger partial charge < -0.3 is 10.0 Å². The predicted octanol–water partition coefficient (Wildman–Crippen LogP) is 1.41. The molecule has 0 radical (unpaired) electrons. The summed E-state index contributed by atoms with van der Waals surface area (Å²) in [5, 5.41) is 9.50. The lowest BCUT2D eigenvalue weighted by Crippen LogP contribution is -2.45. The first-order valence-corrected chi connectivity index (χ1v) is 4.95. The largest absolute Gasteiger partial charge is 0.381 e. The summed E-state index contributed by atoms with van der Waals surface area (Å²) >= 11 is 0. The zero-order valence-corrected chi connectivity index (χ0v) is 9.13. The molecule has 0 aromatic rings. The van der Waals surface area contributed by atoms with Crippen molar-refractivity contribution in [2.75, 3.05) is 13.1 Å². The summed E-state index contributed by atoms with van der Waals surface area (Å²) in [4.78, 5) is 13.3. The Balaban J connectivity index is 4.16. The number of carbonyl (C=O) groups is 1. The van der Waals surface area contributed by atoms with Crippen LogP contribution in [0.25, 0.3) is 0 Å². The number of nitrogens with zero attached hydrogens (tertiary/aromatic N) is 1. The molecule has 0 aromatic carbocycles. The highest BCUT2D eigenvalue weighted by molar-refractivity contribution is 5.84. The zero-order valence-electron chi connectivity index (χ0n) is 9.13. The summed E-state index contributed by atoms with van der Waals surface area (Å²) < 4.78 is 0. The summed E-state index contributed by atoms with van der Waals surface area (Å²) in [5.41, 5.74) is -1.23. The second-order valence-corrected chi connectivity index (χ2v) is 3.80. The van der Waals surface area contributed by atoms with Crippen molar-refractivity contribution in [2.24, 2.45) is 0 Å². The van der Waals surface area contributed by atoms with Crippen molar-refractivity contribution >= 4 is 5.91 Å². The molecule has 0 aliphatic rings. The number of rotatable bonds is 5. The average Bonchev–Trinajstić information content (AvgIpc) is 2.04. The lowest BCUT2D eigenvalue weighted by molar-refractivity contribution is -0.147. The van der Waals surface area contributed by atoms with Gasteiger partial charge in [-0.3, -0.25) is 4.79 Å². The smallest absolute Gasteiger partial charge is 0.253 e. The molecule has 0 heterocycles. The molecule has 0 spiro atoms. The van der Waals surface area contributed by atoms with Crippen LogP contribution in [0.15, 0.2) is 0 Å². The third-order valence-corrected chi connectivity index (χ3v) is 1.97. The van der Waals surface area contributed by atoms with E-state index in [4.69, 9.17) is 0 Å². The van der Waals surface area contributed by atoms with E-state index in [0.717, 1.165) is 19.4 Å². The van der Waals surface area contributed by atoms with Crippen LogP contribution in [0.1, 0.15) is 40.5 Å². The van der Waals surface area contributed by atoms with Gasteiger partial charge in [0.1, 0.15) is 5.60 Å². The van der Waals surface area contributed by atoms with E-state index < -0.39 is 5.60 Å². The van der Waals surface area contributed by atoms with Crippen molar-refractivity contribution in [3.63, 3.8) is 0 Å². The summed E-state index contributed by atoms with van der Waals surface area (Å²) in [6.07, 6.45) is 2.06. The molecule has 0 rings (SSSR count). The molecule has 0 saturated carbocycles. The third kappa shape index (κ3) is 4.27. The van der Waals surface area contributed by atoms with Crippen LogP contribution in [-0.2, 0) is 4.79 Å². The van der Waals surface area contributed by atoms with Gasteiger partial charge in [0, 0.05) is 13.1 Å². The first-order valence-electron chi connectivity index (χ1n) is 4.95. The van der Waals surface area contributed by atoms with Gasteiger partial charge in [0.15, 0.2) is 0 Å². The predicted molar refractivity (Wildman–Crippen MR) is 53.5 cm³/mol. The van der Waals surface area contributed by atoms with Crippen molar-refractivity contribution in [1.29, 1.82) is 0 Å². The molecular formula is C10H21NO2. The number of carbonyl (C=O) groups excluding carboxylic acids is 1. The van der Waals surface area contributed by atoms with E-state index in [1.54, 1.807) is 4.90 Å². The van der Waals surface area contributed by atoms with Crippen LogP contribution >= 0.6 is 0 Å². The van der Waals surface area contributed by atoms with Crippen LogP contribution in [0.2, 0.25) is 0 Å². The third-order valence-electron chi connectivity index (χ3n) is 1.97. The fourth-order valence-corrected chi connectivity index (χ4v) is 1.14. The molecule has 0 aliphatic carbocycles. The Hall–Kier alpha value is -0.570. The van der Waals surface area contributed by atoms with Crippen LogP contribution in [0.4, 0.5) is 0 Å². The summed E-state index contributed by atoms with van der Waals surface area (Å²) in [7, 11) is 0. The molecule has 0 aromatic heterocycles. The topological polar surface area (TPSA) is 40.5 Å². The Morgan fingerprint density at radius 1 is 1.38 bits per heavy atom.